The molecule has 10 rings (SSSR count). The Bertz CT molecular complexity index is 3360. The van der Waals surface area contributed by atoms with E-state index in [9.17, 15) is 1.37 Å². The van der Waals surface area contributed by atoms with Gasteiger partial charge in [-0.25, -0.2) is 15.0 Å². The maximum atomic E-state index is 9.33. The van der Waals surface area contributed by atoms with Crippen LogP contribution < -0.4 is 0 Å². The number of aromatic nitrogens is 3. The zero-order chi connectivity index (χ0) is 40.5. The Labute approximate surface area is 311 Å². The molecular formula is C49H31N3. The minimum atomic E-state index is -0.529. The van der Waals surface area contributed by atoms with E-state index in [2.05, 4.69) is 66.7 Å². The van der Waals surface area contributed by atoms with Crippen molar-refractivity contribution >= 4 is 43.1 Å². The first-order chi connectivity index (χ1) is 28.7. The van der Waals surface area contributed by atoms with Crippen molar-refractivity contribution in [3.63, 3.8) is 0 Å². The van der Waals surface area contributed by atoms with Crippen molar-refractivity contribution in [1.82, 2.24) is 15.0 Å². The fourth-order valence-electron chi connectivity index (χ4n) is 7.03. The summed E-state index contributed by atoms with van der Waals surface area (Å²) in [5.41, 5.74) is 5.39. The van der Waals surface area contributed by atoms with E-state index in [1.165, 1.54) is 10.8 Å². The summed E-state index contributed by atoms with van der Waals surface area (Å²) < 4.78 is 61.2. The number of rotatable bonds is 5. The van der Waals surface area contributed by atoms with Gasteiger partial charge >= 0.3 is 0 Å². The predicted octanol–water partition coefficient (Wildman–Crippen LogP) is 12.8. The zero-order valence-electron chi connectivity index (χ0n) is 34.7. The van der Waals surface area contributed by atoms with Crippen LogP contribution in [-0.2, 0) is 0 Å². The van der Waals surface area contributed by atoms with Gasteiger partial charge in [-0.3, -0.25) is 0 Å². The first-order valence-electron chi connectivity index (χ1n) is 20.5. The van der Waals surface area contributed by atoms with Crippen LogP contribution >= 0.6 is 0 Å². The van der Waals surface area contributed by atoms with Gasteiger partial charge in [-0.05, 0) is 83.5 Å². The van der Waals surface area contributed by atoms with Gasteiger partial charge in [-0.1, -0.05) is 170 Å². The van der Waals surface area contributed by atoms with Crippen LogP contribution in [0.3, 0.4) is 0 Å². The van der Waals surface area contributed by atoms with Crippen molar-refractivity contribution in [3.8, 4) is 56.4 Å². The van der Waals surface area contributed by atoms with Gasteiger partial charge in [0.25, 0.3) is 0 Å². The van der Waals surface area contributed by atoms with Crippen molar-refractivity contribution in [2.45, 2.75) is 0 Å². The van der Waals surface area contributed by atoms with E-state index in [0.29, 0.717) is 11.1 Å². The molecule has 242 valence electrons. The van der Waals surface area contributed by atoms with Gasteiger partial charge < -0.3 is 0 Å². The molecule has 0 bridgehead atoms. The molecule has 0 fully saturated rings. The van der Waals surface area contributed by atoms with Crippen molar-refractivity contribution in [2.75, 3.05) is 0 Å². The minimum Gasteiger partial charge on any atom is -0.208 e. The lowest BCUT2D eigenvalue weighted by atomic mass is 9.95. The molecule has 0 aliphatic carbocycles. The van der Waals surface area contributed by atoms with Gasteiger partial charge in [0.05, 0.1) is 9.60 Å². The van der Waals surface area contributed by atoms with Crippen LogP contribution in [-0.4, -0.2) is 15.0 Å². The summed E-state index contributed by atoms with van der Waals surface area (Å²) in [6, 6.07) is 45.7. The number of fused-ring (bicyclic) bond motifs is 5. The van der Waals surface area contributed by atoms with E-state index < -0.39 is 36.3 Å². The van der Waals surface area contributed by atoms with E-state index in [1.54, 1.807) is 0 Å². The van der Waals surface area contributed by atoms with Crippen molar-refractivity contribution < 1.29 is 9.60 Å². The Morgan fingerprint density at radius 2 is 0.942 bits per heavy atom. The molecule has 0 aliphatic rings. The third-order valence-corrected chi connectivity index (χ3v) is 9.56. The molecule has 0 spiro atoms. The van der Waals surface area contributed by atoms with Crippen LogP contribution in [0.2, 0.25) is 0 Å². The largest absolute Gasteiger partial charge is 0.208 e. The second kappa shape index (κ2) is 12.4. The van der Waals surface area contributed by atoms with Crippen molar-refractivity contribution in [3.05, 3.63) is 188 Å². The monoisotopic (exact) mass is 668 g/mol. The van der Waals surface area contributed by atoms with Gasteiger partial charge in [-0.15, -0.1) is 0 Å². The summed E-state index contributed by atoms with van der Waals surface area (Å²) in [4.78, 5) is 14.9. The first-order valence-corrected chi connectivity index (χ1v) is 17.0. The van der Waals surface area contributed by atoms with E-state index in [0.717, 1.165) is 43.8 Å². The highest BCUT2D eigenvalue weighted by molar-refractivity contribution is 6.13. The van der Waals surface area contributed by atoms with Gasteiger partial charge in [0.2, 0.25) is 0 Å². The summed E-state index contributed by atoms with van der Waals surface area (Å²) in [5.74, 6) is 0.513. The molecule has 52 heavy (non-hydrogen) atoms. The van der Waals surface area contributed by atoms with Crippen LogP contribution in [0, 0.1) is 0 Å². The van der Waals surface area contributed by atoms with E-state index in [1.807, 2.05) is 78.9 Å². The van der Waals surface area contributed by atoms with Crippen molar-refractivity contribution in [2.24, 2.45) is 0 Å². The first kappa shape index (κ1) is 23.4. The quantitative estimate of drug-likeness (QED) is 0.171. The average molecular weight is 669 g/mol. The molecule has 1 heterocycles. The van der Waals surface area contributed by atoms with Crippen LogP contribution in [0.25, 0.3) is 99.5 Å². The number of benzene rings is 9. The molecule has 9 aromatic carbocycles. The Morgan fingerprint density at radius 1 is 0.327 bits per heavy atom. The Hall–Kier alpha value is -6.97. The fourth-order valence-corrected chi connectivity index (χ4v) is 7.03. The molecule has 10 aromatic rings. The lowest BCUT2D eigenvalue weighted by Gasteiger charge is -2.13. The third-order valence-electron chi connectivity index (χ3n) is 9.56. The molecule has 0 radical (unpaired) electrons. The summed E-state index contributed by atoms with van der Waals surface area (Å²) >= 11 is 0. The standard InChI is InChI=1S/C49H31N3/c1-2-13-36-30-40(28-25-32(36)11-1)48-50-47(51-49(52-48)46-31-38-14-4-6-19-43(38)44-20-7-8-21-45(44)46)39-17-9-16-37(29-39)33-23-26-35(27-24-33)42-22-10-15-34-12-3-5-18-41(34)42/h1-31H/i1D,2D,11D,13D,25D,28D,30D. The van der Waals surface area contributed by atoms with Gasteiger partial charge in [-0.2, -0.15) is 0 Å². The van der Waals surface area contributed by atoms with Crippen LogP contribution in [0.1, 0.15) is 9.60 Å². The predicted molar refractivity (Wildman–Crippen MR) is 217 cm³/mol. The zero-order valence-corrected chi connectivity index (χ0v) is 27.7. The van der Waals surface area contributed by atoms with Crippen LogP contribution in [0.4, 0.5) is 0 Å². The normalized spacial score (nSPS) is 13.3. The minimum absolute atomic E-state index is 0.0510. The summed E-state index contributed by atoms with van der Waals surface area (Å²) in [7, 11) is 0. The highest BCUT2D eigenvalue weighted by atomic mass is 15.0. The van der Waals surface area contributed by atoms with E-state index in [-0.39, 0.29) is 39.9 Å². The molecule has 3 heteroatoms. The number of hydrogen-bond acceptors (Lipinski definition) is 3. The summed E-state index contributed by atoms with van der Waals surface area (Å²) in [5, 5.41) is 5.92. The topological polar surface area (TPSA) is 38.7 Å². The maximum Gasteiger partial charge on any atom is 0.164 e. The second-order valence-corrected chi connectivity index (χ2v) is 12.7. The highest BCUT2D eigenvalue weighted by Crippen LogP contribution is 2.36. The van der Waals surface area contributed by atoms with Gasteiger partial charge in [0, 0.05) is 16.7 Å². The average Bonchev–Trinajstić information content (AvgIpc) is 3.28. The molecule has 0 saturated heterocycles. The van der Waals surface area contributed by atoms with Gasteiger partial charge in [0.15, 0.2) is 17.5 Å². The highest BCUT2D eigenvalue weighted by Gasteiger charge is 2.17. The van der Waals surface area contributed by atoms with Crippen LogP contribution in [0.15, 0.2) is 188 Å². The van der Waals surface area contributed by atoms with Crippen LogP contribution in [0.5, 0.6) is 0 Å². The molecular weight excluding hydrogens is 631 g/mol. The molecule has 0 N–H and O–H groups in total. The van der Waals surface area contributed by atoms with E-state index in [4.69, 9.17) is 23.2 Å². The number of hydrogen-bond donors (Lipinski definition) is 0. The molecule has 0 amide bonds. The smallest absolute Gasteiger partial charge is 0.164 e. The second-order valence-electron chi connectivity index (χ2n) is 12.7. The molecule has 0 atom stereocenters. The van der Waals surface area contributed by atoms with Crippen molar-refractivity contribution in [1.29, 1.82) is 0 Å². The maximum absolute atomic E-state index is 9.33. The molecule has 1 aromatic heterocycles. The van der Waals surface area contributed by atoms with Gasteiger partial charge in [0.1, 0.15) is 0 Å². The Balaban J connectivity index is 1.18. The Morgan fingerprint density at radius 3 is 1.79 bits per heavy atom. The SMILES string of the molecule is [2H]c1c([2H])c([2H])c2c([2H])c(-c3nc(-c4cccc(-c5ccc(-c6cccc7ccccc67)cc5)c4)nc(-c4cc5ccccc5c5ccccc45)n3)c([2H])c([2H])c2c1[2H]. The molecule has 0 unspecified atom stereocenters. The third kappa shape index (κ3) is 5.28. The molecule has 0 saturated carbocycles. The summed E-state index contributed by atoms with van der Waals surface area (Å²) in [6.07, 6.45) is 0. The van der Waals surface area contributed by atoms with E-state index >= 15 is 0 Å². The lowest BCUT2D eigenvalue weighted by Crippen LogP contribution is -2.01. The lowest BCUT2D eigenvalue weighted by molar-refractivity contribution is 1.08. The summed E-state index contributed by atoms with van der Waals surface area (Å²) in [6.45, 7) is 0. The number of nitrogens with zero attached hydrogens (tertiary/aromatic N) is 3. The molecule has 3 nitrogen and oxygen atoms in total. The fraction of sp³-hybridized carbons (Fsp3) is 0. The Kier molecular flexibility index (Phi) is 5.60. The molecule has 0 aliphatic heterocycles.